The van der Waals surface area contributed by atoms with Crippen molar-refractivity contribution >= 4 is 23.8 Å². The van der Waals surface area contributed by atoms with Gasteiger partial charge >= 0.3 is 11.9 Å². The number of halogens is 4. The number of rotatable bonds is 4. The summed E-state index contributed by atoms with van der Waals surface area (Å²) in [4.78, 5) is 55.3. The lowest BCUT2D eigenvalue weighted by Gasteiger charge is -2.40. The third-order valence-corrected chi connectivity index (χ3v) is 17.0. The number of piperidine rings is 4. The molecule has 4 aromatic carbocycles. The largest absolute Gasteiger partial charge is 0.465 e. The highest BCUT2D eigenvalue weighted by atomic mass is 19.1. The van der Waals surface area contributed by atoms with E-state index in [1.165, 1.54) is 103 Å². The number of hydrogen-bond donors (Lipinski definition) is 4. The number of carbonyl (C=O) groups is 4. The molecule has 4 aromatic rings. The van der Waals surface area contributed by atoms with Crippen molar-refractivity contribution in [2.24, 2.45) is 0 Å². The van der Waals surface area contributed by atoms with E-state index in [-0.39, 0.29) is 64.1 Å². The molecule has 4 atom stereocenters. The number of ether oxygens (including phenoxy) is 2. The van der Waals surface area contributed by atoms with E-state index in [9.17, 15) is 36.7 Å². The molecule has 0 aromatic heterocycles. The Morgan fingerprint density at radius 3 is 0.887 bits per heavy atom. The van der Waals surface area contributed by atoms with Crippen molar-refractivity contribution in [3.8, 4) is 0 Å². The molecule has 0 radical (unpaired) electrons. The lowest BCUT2D eigenvalue weighted by atomic mass is 9.87. The molecule has 4 fully saturated rings. The summed E-state index contributed by atoms with van der Waals surface area (Å²) in [5.74, 6) is -3.50. The molecule has 18 heteroatoms. The van der Waals surface area contributed by atoms with Crippen molar-refractivity contribution in [3.63, 3.8) is 0 Å². The van der Waals surface area contributed by atoms with Gasteiger partial charge in [0.1, 0.15) is 23.3 Å². The van der Waals surface area contributed by atoms with E-state index in [1.54, 1.807) is 35.2 Å². The molecule has 14 nitrogen and oxygen atoms in total. The molecule has 0 bridgehead atoms. The van der Waals surface area contributed by atoms with Gasteiger partial charge in [-0.1, -0.05) is 55.4 Å². The Bertz CT molecular complexity index is 2440. The summed E-state index contributed by atoms with van der Waals surface area (Å²) in [5, 5.41) is 17.3. The molecule has 12 rings (SSSR count). The number of esters is 2. The van der Waals surface area contributed by atoms with E-state index in [2.05, 4.69) is 29.1 Å². The maximum Gasteiger partial charge on any atom is 0.337 e. The minimum atomic E-state index is -0.659. The monoisotopic (exact) mass is 1120 g/mol. The number of hydrogen-bond acceptors (Lipinski definition) is 12. The van der Waals surface area contributed by atoms with Crippen molar-refractivity contribution in [1.29, 1.82) is 0 Å². The van der Waals surface area contributed by atoms with E-state index in [0.717, 1.165) is 98.1 Å². The molecule has 0 unspecified atom stereocenters. The van der Waals surface area contributed by atoms with Crippen LogP contribution in [0.15, 0.2) is 48.5 Å². The van der Waals surface area contributed by atoms with Crippen LogP contribution in [0.25, 0.3) is 0 Å². The molecule has 8 aliphatic rings. The maximum atomic E-state index is 14.2. The average Bonchev–Trinajstić information content (AvgIpc) is 3.44. The molecular weight excluding hydrogens is 1030 g/mol. The summed E-state index contributed by atoms with van der Waals surface area (Å²) in [6.07, 6.45) is 17.6. The Morgan fingerprint density at radius 1 is 0.412 bits per heavy atom. The molecule has 80 heavy (non-hydrogen) atoms. The topological polar surface area (TPSA) is 164 Å². The van der Waals surface area contributed by atoms with Crippen LogP contribution in [0, 0.1) is 23.3 Å². The molecule has 0 saturated carbocycles. The van der Waals surface area contributed by atoms with Crippen molar-refractivity contribution in [2.45, 2.75) is 183 Å². The van der Waals surface area contributed by atoms with Gasteiger partial charge in [0, 0.05) is 83.7 Å². The van der Waals surface area contributed by atoms with Gasteiger partial charge in [-0.05, 0) is 174 Å². The van der Waals surface area contributed by atoms with Crippen LogP contribution in [0.4, 0.5) is 17.6 Å². The van der Waals surface area contributed by atoms with Crippen LogP contribution in [-0.2, 0) is 61.3 Å². The minimum Gasteiger partial charge on any atom is -0.465 e. The number of methoxy groups -OCH3 is 2. The van der Waals surface area contributed by atoms with Crippen molar-refractivity contribution in [2.75, 3.05) is 40.4 Å². The molecule has 0 aliphatic carbocycles. The fourth-order valence-electron chi connectivity index (χ4n) is 12.9. The van der Waals surface area contributed by atoms with Crippen molar-refractivity contribution in [3.05, 3.63) is 139 Å². The number of benzene rings is 4. The molecule has 440 valence electrons. The Labute approximate surface area is 471 Å². The molecule has 8 heterocycles. The third-order valence-electron chi connectivity index (χ3n) is 17.0. The fourth-order valence-corrected chi connectivity index (χ4v) is 12.9. The van der Waals surface area contributed by atoms with Crippen LogP contribution in [0.1, 0.15) is 193 Å². The van der Waals surface area contributed by atoms with Gasteiger partial charge in [0.25, 0.3) is 11.8 Å². The second kappa shape index (κ2) is 29.3. The highest BCUT2D eigenvalue weighted by molar-refractivity contribution is 5.94. The standard InChI is InChI=1S/2C15H18FNO2.2C14H17FN2O2.4CH4/c2*1-19-15(18)11-6-10-7-12-4-2-3-5-17(12)9-13(10)14(16)8-11;2*15-13-7-10(14(18)16-19)5-9-6-11-3-1-2-4-17(11)8-12(9)13;;;;/h2*6,8,12H,2-5,7,9H2,1H3;2*5,7,11,19H,1-4,6,8H2,(H,16,18);4*1H4/t2*12-;2*11-;;;;/m1010..../s1. The average molecular weight is 1120 g/mol. The summed E-state index contributed by atoms with van der Waals surface area (Å²) >= 11 is 0. The lowest BCUT2D eigenvalue weighted by Crippen LogP contribution is -2.44. The number of fused-ring (bicyclic) bond motifs is 8. The van der Waals surface area contributed by atoms with Gasteiger partial charge in [0.2, 0.25) is 0 Å². The van der Waals surface area contributed by atoms with E-state index in [1.807, 2.05) is 0 Å². The van der Waals surface area contributed by atoms with E-state index < -0.39 is 23.8 Å². The van der Waals surface area contributed by atoms with Gasteiger partial charge in [-0.25, -0.2) is 38.1 Å². The predicted octanol–water partition coefficient (Wildman–Crippen LogP) is 11.3. The second-order valence-electron chi connectivity index (χ2n) is 21.5. The summed E-state index contributed by atoms with van der Waals surface area (Å²) < 4.78 is 65.8. The van der Waals surface area contributed by atoms with Gasteiger partial charge in [-0.2, -0.15) is 0 Å². The van der Waals surface area contributed by atoms with E-state index in [0.29, 0.717) is 72.6 Å². The van der Waals surface area contributed by atoms with Gasteiger partial charge in [-0.15, -0.1) is 0 Å². The SMILES string of the molecule is C.C.C.C.COC(=O)c1cc(F)c2c(c1)C[C@@H]1CCCCN1C2.COC(=O)c1cc(F)c2c(c1)C[C@H]1CCCCN1C2.O=C(NO)c1cc(F)c2c(c1)C[C@@H]1CCCCN1C2.O=C(NO)c1cc(F)c2c(c1)C[C@H]1CCCCN1C2. The summed E-state index contributed by atoms with van der Waals surface area (Å²) in [5.41, 5.74) is 10.8. The van der Waals surface area contributed by atoms with Crippen molar-refractivity contribution < 1.29 is 56.6 Å². The summed E-state index contributed by atoms with van der Waals surface area (Å²) in [6.45, 7) is 6.79. The minimum absolute atomic E-state index is 0. The lowest BCUT2D eigenvalue weighted by molar-refractivity contribution is 0.0590. The number of nitrogens with zero attached hydrogens (tertiary/aromatic N) is 4. The summed E-state index contributed by atoms with van der Waals surface area (Å²) in [7, 11) is 2.64. The molecular formula is C62H86F4N6O8. The molecule has 0 spiro atoms. The fraction of sp³-hybridized carbons (Fsp3) is 0.548. The smallest absolute Gasteiger partial charge is 0.337 e. The first-order valence-corrected chi connectivity index (χ1v) is 27.0. The van der Waals surface area contributed by atoms with Gasteiger partial charge in [0.05, 0.1) is 25.3 Å². The zero-order chi connectivity index (χ0) is 53.6. The molecule has 4 saturated heterocycles. The zero-order valence-corrected chi connectivity index (χ0v) is 43.5. The highest BCUT2D eigenvalue weighted by Crippen LogP contribution is 2.36. The Hall–Kier alpha value is -5.76. The van der Waals surface area contributed by atoms with Crippen LogP contribution in [0.3, 0.4) is 0 Å². The van der Waals surface area contributed by atoms with E-state index >= 15 is 0 Å². The number of amides is 2. The second-order valence-corrected chi connectivity index (χ2v) is 21.5. The quantitative estimate of drug-likeness (QED) is 0.0663. The van der Waals surface area contributed by atoms with Gasteiger partial charge in [-0.3, -0.25) is 39.6 Å². The Balaban J connectivity index is 0.000000193. The van der Waals surface area contributed by atoms with Gasteiger partial charge < -0.3 is 9.47 Å². The van der Waals surface area contributed by atoms with Crippen LogP contribution >= 0.6 is 0 Å². The maximum absolute atomic E-state index is 14.2. The normalized spacial score (nSPS) is 21.4. The highest BCUT2D eigenvalue weighted by Gasteiger charge is 2.35. The van der Waals surface area contributed by atoms with E-state index in [4.69, 9.17) is 10.4 Å². The van der Waals surface area contributed by atoms with Crippen molar-refractivity contribution in [1.82, 2.24) is 30.6 Å². The van der Waals surface area contributed by atoms with Gasteiger partial charge in [0.15, 0.2) is 0 Å². The number of hydroxylamine groups is 2. The van der Waals surface area contributed by atoms with Crippen LogP contribution < -0.4 is 11.0 Å². The molecule has 2 amide bonds. The summed E-state index contributed by atoms with van der Waals surface area (Å²) in [6, 6.07) is 14.0. The van der Waals surface area contributed by atoms with Crippen LogP contribution in [0.2, 0.25) is 0 Å². The molecule has 8 aliphatic heterocycles. The Morgan fingerprint density at radius 2 is 0.650 bits per heavy atom. The van der Waals surface area contributed by atoms with Crippen LogP contribution in [-0.4, -0.2) is 118 Å². The zero-order valence-electron chi connectivity index (χ0n) is 43.5. The number of nitrogens with one attached hydrogen (secondary N) is 2. The first-order valence-electron chi connectivity index (χ1n) is 27.0. The third kappa shape index (κ3) is 14.6. The predicted molar refractivity (Wildman–Crippen MR) is 301 cm³/mol. The van der Waals surface area contributed by atoms with Crippen LogP contribution in [0.5, 0.6) is 0 Å². The Kier molecular flexibility index (Phi) is 23.8. The molecule has 4 N–H and O–H groups in total. The number of carbonyl (C=O) groups excluding carboxylic acids is 4. The first kappa shape index (κ1) is 65.1. The first-order chi connectivity index (χ1) is 36.7.